The van der Waals surface area contributed by atoms with Gasteiger partial charge in [0.25, 0.3) is 0 Å². The van der Waals surface area contributed by atoms with Crippen molar-refractivity contribution in [1.29, 1.82) is 0 Å². The van der Waals surface area contributed by atoms with Crippen LogP contribution in [-0.2, 0) is 9.53 Å². The number of piperidine rings is 1. The second-order valence-corrected chi connectivity index (χ2v) is 5.84. The van der Waals surface area contributed by atoms with Crippen LogP contribution in [-0.4, -0.2) is 61.4 Å². The first-order valence-corrected chi connectivity index (χ1v) is 7.28. The van der Waals surface area contributed by atoms with Gasteiger partial charge in [-0.05, 0) is 20.3 Å². The summed E-state index contributed by atoms with van der Waals surface area (Å²) in [5.41, 5.74) is 11.8. The minimum atomic E-state index is -1.12. The predicted molar refractivity (Wildman–Crippen MR) is 73.6 cm³/mol. The highest BCUT2D eigenvalue weighted by molar-refractivity contribution is 5.80. The quantitative estimate of drug-likeness (QED) is 0.646. The molecule has 2 heterocycles. The Morgan fingerprint density at radius 1 is 1.40 bits per heavy atom. The molecule has 0 aliphatic carbocycles. The van der Waals surface area contributed by atoms with Gasteiger partial charge in [-0.15, -0.1) is 0 Å². The van der Waals surface area contributed by atoms with E-state index in [2.05, 4.69) is 10.9 Å². The van der Waals surface area contributed by atoms with Gasteiger partial charge < -0.3 is 15.4 Å². The lowest BCUT2D eigenvalue weighted by Crippen LogP contribution is -2.61. The minimum Gasteiger partial charge on any atom is -0.372 e. The number of carbonyl (C=O) groups is 1. The van der Waals surface area contributed by atoms with Crippen molar-refractivity contribution in [2.75, 3.05) is 26.2 Å². The van der Waals surface area contributed by atoms with Crippen molar-refractivity contribution < 1.29 is 13.9 Å². The summed E-state index contributed by atoms with van der Waals surface area (Å²) in [5, 5.41) is 0. The van der Waals surface area contributed by atoms with Crippen molar-refractivity contribution in [2.24, 2.45) is 11.7 Å². The van der Waals surface area contributed by atoms with E-state index in [1.165, 1.54) is 0 Å². The third-order valence-corrected chi connectivity index (χ3v) is 3.86. The Kier molecular flexibility index (Phi) is 5.31. The third kappa shape index (κ3) is 3.66. The summed E-state index contributed by atoms with van der Waals surface area (Å²) >= 11 is 0. The number of alkyl halides is 1. The smallest absolute Gasteiger partial charge is 0.228 e. The van der Waals surface area contributed by atoms with Crippen LogP contribution < -0.4 is 16.6 Å². The topological polar surface area (TPSA) is 79.6 Å². The first kappa shape index (κ1) is 15.6. The molecule has 2 aliphatic rings. The lowest BCUT2D eigenvalue weighted by molar-refractivity contribution is -0.143. The second-order valence-electron chi connectivity index (χ2n) is 5.84. The molecule has 1 amide bonds. The summed E-state index contributed by atoms with van der Waals surface area (Å²) in [4.78, 5) is 14.0. The van der Waals surface area contributed by atoms with Crippen LogP contribution in [0.3, 0.4) is 0 Å². The number of amides is 1. The number of carbonyl (C=O) groups excluding carboxylic acids is 1. The largest absolute Gasteiger partial charge is 0.372 e. The summed E-state index contributed by atoms with van der Waals surface area (Å²) in [5.74, 6) is -0.344. The molecule has 0 aromatic carbocycles. The molecule has 0 aromatic heterocycles. The predicted octanol–water partition coefficient (Wildman–Crippen LogP) is -0.598. The number of hydrogen-bond acceptors (Lipinski definition) is 5. The Morgan fingerprint density at radius 2 is 2.10 bits per heavy atom. The van der Waals surface area contributed by atoms with Crippen molar-refractivity contribution in [1.82, 2.24) is 15.8 Å². The Labute approximate surface area is 119 Å². The Bertz CT molecular complexity index is 342. The van der Waals surface area contributed by atoms with Crippen LogP contribution in [0.2, 0.25) is 0 Å². The number of halogens is 1. The van der Waals surface area contributed by atoms with Crippen LogP contribution in [0.1, 0.15) is 20.3 Å². The van der Waals surface area contributed by atoms with Gasteiger partial charge in [0.1, 0.15) is 6.17 Å². The van der Waals surface area contributed by atoms with Gasteiger partial charge in [0, 0.05) is 25.7 Å². The average molecular weight is 288 g/mol. The van der Waals surface area contributed by atoms with Crippen LogP contribution in [0.15, 0.2) is 0 Å². The molecule has 116 valence electrons. The van der Waals surface area contributed by atoms with E-state index in [9.17, 15) is 9.18 Å². The monoisotopic (exact) mass is 288 g/mol. The van der Waals surface area contributed by atoms with Crippen molar-refractivity contribution in [3.63, 3.8) is 0 Å². The zero-order valence-corrected chi connectivity index (χ0v) is 12.1. The third-order valence-electron chi connectivity index (χ3n) is 3.86. The number of nitrogens with two attached hydrogens (primary N) is 1. The molecule has 0 saturated carbocycles. The summed E-state index contributed by atoms with van der Waals surface area (Å²) in [6.07, 6.45) is -0.985. The molecule has 0 aromatic rings. The molecule has 2 aliphatic heterocycles. The molecule has 6 nitrogen and oxygen atoms in total. The summed E-state index contributed by atoms with van der Waals surface area (Å²) in [6.45, 7) is 5.45. The standard InChI is InChI=1S/C13H25FN4O2/c1-8(2)20-12-3-4-18(7-10(12)14)13(19)9-5-16-17-6-11(9)15/h8-12,16-17H,3-7,15H2,1-2H3/t9?,10-,11?,12+/m1/s1. The van der Waals surface area contributed by atoms with E-state index in [1.807, 2.05) is 13.8 Å². The molecule has 20 heavy (non-hydrogen) atoms. The molecule has 2 unspecified atom stereocenters. The highest BCUT2D eigenvalue weighted by Gasteiger charge is 2.37. The van der Waals surface area contributed by atoms with Gasteiger partial charge >= 0.3 is 0 Å². The van der Waals surface area contributed by atoms with E-state index in [1.54, 1.807) is 4.90 Å². The van der Waals surface area contributed by atoms with Gasteiger partial charge in [-0.2, -0.15) is 0 Å². The maximum atomic E-state index is 14.1. The number of ether oxygens (including phenoxy) is 1. The lowest BCUT2D eigenvalue weighted by Gasteiger charge is -2.39. The molecule has 2 fully saturated rings. The highest BCUT2D eigenvalue weighted by atomic mass is 19.1. The second kappa shape index (κ2) is 6.80. The molecule has 0 radical (unpaired) electrons. The first-order chi connectivity index (χ1) is 9.49. The number of likely N-dealkylation sites (tertiary alicyclic amines) is 1. The fraction of sp³-hybridized carbons (Fsp3) is 0.923. The van der Waals surface area contributed by atoms with Gasteiger partial charge in [0.15, 0.2) is 0 Å². The number of hydrogen-bond donors (Lipinski definition) is 3. The van der Waals surface area contributed by atoms with Crippen LogP contribution in [0.5, 0.6) is 0 Å². The molecular weight excluding hydrogens is 263 g/mol. The van der Waals surface area contributed by atoms with Crippen molar-refractivity contribution in [2.45, 2.75) is 44.7 Å². The number of nitrogens with one attached hydrogen (secondary N) is 2. The molecule has 0 bridgehead atoms. The summed E-state index contributed by atoms with van der Waals surface area (Å²) in [7, 11) is 0. The normalized spacial score (nSPS) is 35.4. The van der Waals surface area contributed by atoms with Crippen molar-refractivity contribution in [3.8, 4) is 0 Å². The summed E-state index contributed by atoms with van der Waals surface area (Å²) in [6, 6.07) is -0.230. The molecule has 7 heteroatoms. The number of nitrogens with zero attached hydrogens (tertiary/aromatic N) is 1. The molecule has 2 saturated heterocycles. The van der Waals surface area contributed by atoms with E-state index in [0.717, 1.165) is 0 Å². The lowest BCUT2D eigenvalue weighted by atomic mass is 9.95. The van der Waals surface area contributed by atoms with Gasteiger partial charge in [-0.25, -0.2) is 4.39 Å². The fourth-order valence-corrected chi connectivity index (χ4v) is 2.76. The zero-order valence-electron chi connectivity index (χ0n) is 12.1. The van der Waals surface area contributed by atoms with Gasteiger partial charge in [-0.3, -0.25) is 15.6 Å². The van der Waals surface area contributed by atoms with Gasteiger partial charge in [-0.1, -0.05) is 0 Å². The Balaban J connectivity index is 1.89. The highest BCUT2D eigenvalue weighted by Crippen LogP contribution is 2.21. The Morgan fingerprint density at radius 3 is 2.70 bits per heavy atom. The van der Waals surface area contributed by atoms with Gasteiger partial charge in [0.2, 0.25) is 5.91 Å². The van der Waals surface area contributed by atoms with E-state index in [4.69, 9.17) is 10.5 Å². The average Bonchev–Trinajstić information content (AvgIpc) is 2.40. The molecule has 2 rings (SSSR count). The molecule has 0 spiro atoms. The van der Waals surface area contributed by atoms with Gasteiger partial charge in [0.05, 0.1) is 24.7 Å². The van der Waals surface area contributed by atoms with E-state index in [0.29, 0.717) is 26.1 Å². The number of hydrazine groups is 1. The summed E-state index contributed by atoms with van der Waals surface area (Å²) < 4.78 is 19.6. The fourth-order valence-electron chi connectivity index (χ4n) is 2.76. The zero-order chi connectivity index (χ0) is 14.7. The van der Waals surface area contributed by atoms with Crippen molar-refractivity contribution in [3.05, 3.63) is 0 Å². The SMILES string of the molecule is CC(C)O[C@H]1CCN(C(=O)C2CNNCC2N)C[C@H]1F. The van der Waals surface area contributed by atoms with E-state index in [-0.39, 0.29) is 30.5 Å². The first-order valence-electron chi connectivity index (χ1n) is 7.28. The van der Waals surface area contributed by atoms with Crippen LogP contribution in [0, 0.1) is 5.92 Å². The van der Waals surface area contributed by atoms with E-state index < -0.39 is 12.3 Å². The molecule has 4 N–H and O–H groups in total. The van der Waals surface area contributed by atoms with E-state index >= 15 is 0 Å². The maximum absolute atomic E-state index is 14.1. The molecule has 4 atom stereocenters. The molecular formula is C13H25FN4O2. The van der Waals surface area contributed by atoms with Crippen LogP contribution >= 0.6 is 0 Å². The number of rotatable bonds is 3. The maximum Gasteiger partial charge on any atom is 0.228 e. The van der Waals surface area contributed by atoms with Crippen molar-refractivity contribution >= 4 is 5.91 Å². The Hall–Kier alpha value is -0.760. The minimum absolute atomic E-state index is 0.00235. The van der Waals surface area contributed by atoms with Crippen LogP contribution in [0.25, 0.3) is 0 Å². The van der Waals surface area contributed by atoms with Crippen LogP contribution in [0.4, 0.5) is 4.39 Å².